The summed E-state index contributed by atoms with van der Waals surface area (Å²) in [6.07, 6.45) is 5.69. The Kier molecular flexibility index (Phi) is 2.13. The number of carbonyl (C=O) groups is 1. The van der Waals surface area contributed by atoms with Gasteiger partial charge in [-0.3, -0.25) is 0 Å². The van der Waals surface area contributed by atoms with Crippen LogP contribution in [-0.4, -0.2) is 23.8 Å². The summed E-state index contributed by atoms with van der Waals surface area (Å²) < 4.78 is 11.2. The maximum atomic E-state index is 12.0. The smallest absolute Gasteiger partial charge is 0.341 e. The van der Waals surface area contributed by atoms with Gasteiger partial charge in [0, 0.05) is 0 Å². The van der Waals surface area contributed by atoms with Gasteiger partial charge in [-0.1, -0.05) is 6.92 Å². The van der Waals surface area contributed by atoms with E-state index >= 15 is 0 Å². The number of esters is 1. The highest BCUT2D eigenvalue weighted by molar-refractivity contribution is 5.85. The third kappa shape index (κ3) is 1.05. The Bertz CT molecular complexity index is 327. The van der Waals surface area contributed by atoms with Crippen LogP contribution in [0, 0.1) is 11.8 Å². The number of hydrogen-bond acceptors (Lipinski definition) is 3. The van der Waals surface area contributed by atoms with Crippen LogP contribution in [0.15, 0.2) is 0 Å². The molecule has 0 aromatic heterocycles. The van der Waals surface area contributed by atoms with Crippen LogP contribution in [0.25, 0.3) is 0 Å². The first-order valence-corrected chi connectivity index (χ1v) is 6.56. The minimum atomic E-state index is -0.581. The molecule has 4 atom stereocenters. The van der Waals surface area contributed by atoms with Crippen molar-refractivity contribution in [2.45, 2.75) is 57.2 Å². The fourth-order valence-corrected chi connectivity index (χ4v) is 4.16. The molecule has 1 heterocycles. The van der Waals surface area contributed by atoms with Gasteiger partial charge in [-0.15, -0.1) is 0 Å². The van der Waals surface area contributed by atoms with Crippen molar-refractivity contribution >= 4 is 5.97 Å². The van der Waals surface area contributed by atoms with Gasteiger partial charge in [0.1, 0.15) is 5.60 Å². The molecule has 2 bridgehead atoms. The number of epoxide rings is 1. The molecule has 1 aliphatic heterocycles. The van der Waals surface area contributed by atoms with E-state index in [9.17, 15) is 4.79 Å². The van der Waals surface area contributed by atoms with E-state index in [4.69, 9.17) is 9.47 Å². The second kappa shape index (κ2) is 3.22. The minimum absolute atomic E-state index is 0.120. The maximum absolute atomic E-state index is 12.0. The van der Waals surface area contributed by atoms with E-state index in [0.29, 0.717) is 12.5 Å². The highest BCUT2D eigenvalue weighted by Crippen LogP contribution is 2.68. The Balaban J connectivity index is 1.83. The molecule has 90 valence electrons. The van der Waals surface area contributed by atoms with Crippen LogP contribution >= 0.6 is 0 Å². The van der Waals surface area contributed by atoms with E-state index in [1.165, 1.54) is 19.3 Å². The highest BCUT2D eigenvalue weighted by Gasteiger charge is 2.80. The van der Waals surface area contributed by atoms with Gasteiger partial charge < -0.3 is 9.47 Å². The fraction of sp³-hybridized carbons (Fsp3) is 0.923. The van der Waals surface area contributed by atoms with Crippen molar-refractivity contribution in [3.63, 3.8) is 0 Å². The van der Waals surface area contributed by atoms with E-state index in [1.807, 2.05) is 13.8 Å². The molecule has 1 spiro atoms. The van der Waals surface area contributed by atoms with Crippen molar-refractivity contribution in [2.24, 2.45) is 11.8 Å². The first kappa shape index (κ1) is 10.6. The molecule has 0 aromatic carbocycles. The van der Waals surface area contributed by atoms with Crippen LogP contribution in [0.3, 0.4) is 0 Å². The molecular formula is C13H20O3. The van der Waals surface area contributed by atoms with E-state index in [1.54, 1.807) is 0 Å². The zero-order valence-electron chi connectivity index (χ0n) is 10.1. The largest absolute Gasteiger partial charge is 0.464 e. The first-order chi connectivity index (χ1) is 7.68. The molecule has 16 heavy (non-hydrogen) atoms. The summed E-state index contributed by atoms with van der Waals surface area (Å²) in [7, 11) is 0. The van der Waals surface area contributed by atoms with Gasteiger partial charge in [0.05, 0.1) is 6.61 Å². The van der Waals surface area contributed by atoms with Crippen molar-refractivity contribution in [2.75, 3.05) is 6.61 Å². The third-order valence-electron chi connectivity index (χ3n) is 4.89. The average Bonchev–Trinajstić information content (AvgIpc) is 2.62. The standard InChI is InChI=1S/C13H20O3/c1-3-12(11(14)15-4-2)13(16-12)8-9-5-6-10(13)7-9/h9-10H,3-8H2,1-2H3. The Hall–Kier alpha value is -0.570. The van der Waals surface area contributed by atoms with Crippen molar-refractivity contribution in [1.82, 2.24) is 0 Å². The van der Waals surface area contributed by atoms with Gasteiger partial charge in [-0.2, -0.15) is 0 Å². The van der Waals surface area contributed by atoms with Crippen LogP contribution in [0.2, 0.25) is 0 Å². The number of carbonyl (C=O) groups excluding carboxylic acids is 1. The summed E-state index contributed by atoms with van der Waals surface area (Å²) in [5.41, 5.74) is -0.709. The van der Waals surface area contributed by atoms with Crippen LogP contribution in [0.4, 0.5) is 0 Å². The fourth-order valence-electron chi connectivity index (χ4n) is 4.16. The van der Waals surface area contributed by atoms with Crippen molar-refractivity contribution in [3.8, 4) is 0 Å². The number of rotatable bonds is 3. The van der Waals surface area contributed by atoms with Crippen LogP contribution < -0.4 is 0 Å². The van der Waals surface area contributed by atoms with Gasteiger partial charge in [-0.25, -0.2) is 4.79 Å². The molecule has 2 aliphatic carbocycles. The normalized spacial score (nSPS) is 48.6. The Labute approximate surface area is 96.5 Å². The predicted molar refractivity (Wildman–Crippen MR) is 58.9 cm³/mol. The van der Waals surface area contributed by atoms with Gasteiger partial charge in [0.15, 0.2) is 5.60 Å². The average molecular weight is 224 g/mol. The zero-order chi connectivity index (χ0) is 11.4. The monoisotopic (exact) mass is 224 g/mol. The van der Waals surface area contributed by atoms with Crippen LogP contribution in [0.1, 0.15) is 46.0 Å². The summed E-state index contributed by atoms with van der Waals surface area (Å²) in [4.78, 5) is 12.0. The summed E-state index contributed by atoms with van der Waals surface area (Å²) in [5.74, 6) is 1.29. The van der Waals surface area contributed by atoms with E-state index in [2.05, 4.69) is 0 Å². The predicted octanol–water partition coefficient (Wildman–Crippen LogP) is 2.29. The molecule has 2 saturated carbocycles. The molecule has 1 saturated heterocycles. The molecule has 3 heteroatoms. The molecule has 0 radical (unpaired) electrons. The lowest BCUT2D eigenvalue weighted by Crippen LogP contribution is -2.38. The molecule has 3 fully saturated rings. The molecule has 3 rings (SSSR count). The van der Waals surface area contributed by atoms with Crippen molar-refractivity contribution < 1.29 is 14.3 Å². The molecule has 0 N–H and O–H groups in total. The lowest BCUT2D eigenvalue weighted by Gasteiger charge is -2.21. The molecule has 3 nitrogen and oxygen atoms in total. The SMILES string of the molecule is CCOC(=O)C1(CC)OC12CC1CCC2C1. The highest BCUT2D eigenvalue weighted by atomic mass is 16.7. The van der Waals surface area contributed by atoms with Crippen molar-refractivity contribution in [3.05, 3.63) is 0 Å². The Morgan fingerprint density at radius 2 is 2.25 bits per heavy atom. The molecule has 0 aromatic rings. The Morgan fingerprint density at radius 1 is 1.44 bits per heavy atom. The summed E-state index contributed by atoms with van der Waals surface area (Å²) >= 11 is 0. The first-order valence-electron chi connectivity index (χ1n) is 6.56. The van der Waals surface area contributed by atoms with Gasteiger partial charge in [0.2, 0.25) is 0 Å². The maximum Gasteiger partial charge on any atom is 0.341 e. The molecule has 3 aliphatic rings. The number of fused-ring (bicyclic) bond motifs is 3. The summed E-state index contributed by atoms with van der Waals surface area (Å²) in [6.45, 7) is 4.35. The topological polar surface area (TPSA) is 38.8 Å². The number of ether oxygens (including phenoxy) is 2. The molecule has 4 unspecified atom stereocenters. The molecule has 0 amide bonds. The van der Waals surface area contributed by atoms with Crippen LogP contribution in [-0.2, 0) is 14.3 Å². The quantitative estimate of drug-likeness (QED) is 0.545. The zero-order valence-corrected chi connectivity index (χ0v) is 10.1. The lowest BCUT2D eigenvalue weighted by atomic mass is 9.78. The second-order valence-electron chi connectivity index (χ2n) is 5.47. The van der Waals surface area contributed by atoms with Gasteiger partial charge in [-0.05, 0) is 50.9 Å². The minimum Gasteiger partial charge on any atom is -0.464 e. The third-order valence-corrected chi connectivity index (χ3v) is 4.89. The lowest BCUT2D eigenvalue weighted by molar-refractivity contribution is -0.149. The Morgan fingerprint density at radius 3 is 2.75 bits per heavy atom. The van der Waals surface area contributed by atoms with E-state index < -0.39 is 5.60 Å². The van der Waals surface area contributed by atoms with E-state index in [-0.39, 0.29) is 11.6 Å². The van der Waals surface area contributed by atoms with Gasteiger partial charge in [0.25, 0.3) is 0 Å². The van der Waals surface area contributed by atoms with Crippen molar-refractivity contribution in [1.29, 1.82) is 0 Å². The summed E-state index contributed by atoms with van der Waals surface area (Å²) in [6, 6.07) is 0. The summed E-state index contributed by atoms with van der Waals surface area (Å²) in [5, 5.41) is 0. The van der Waals surface area contributed by atoms with Crippen LogP contribution in [0.5, 0.6) is 0 Å². The second-order valence-corrected chi connectivity index (χ2v) is 5.47. The van der Waals surface area contributed by atoms with Gasteiger partial charge >= 0.3 is 5.97 Å². The van der Waals surface area contributed by atoms with E-state index in [0.717, 1.165) is 18.8 Å². The molecular weight excluding hydrogens is 204 g/mol. The number of hydrogen-bond donors (Lipinski definition) is 0.